The van der Waals surface area contributed by atoms with Crippen molar-refractivity contribution < 1.29 is 9.47 Å². The molecule has 0 fully saturated rings. The van der Waals surface area contributed by atoms with E-state index in [9.17, 15) is 0 Å². The topological polar surface area (TPSA) is 47.7 Å². The van der Waals surface area contributed by atoms with Crippen molar-refractivity contribution in [2.75, 3.05) is 20.3 Å². The van der Waals surface area contributed by atoms with E-state index in [0.717, 1.165) is 43.7 Å². The lowest BCUT2D eigenvalue weighted by Gasteiger charge is -2.33. The maximum absolute atomic E-state index is 6.44. The molecule has 154 valence electrons. The maximum atomic E-state index is 6.44. The summed E-state index contributed by atoms with van der Waals surface area (Å²) >= 11 is 0. The molecule has 2 N–H and O–H groups in total. The Kier molecular flexibility index (Phi) is 7.77. The summed E-state index contributed by atoms with van der Waals surface area (Å²) in [5.41, 5.74) is 10.2. The van der Waals surface area contributed by atoms with Crippen molar-refractivity contribution in [1.29, 1.82) is 0 Å². The Balaban J connectivity index is 1.54. The van der Waals surface area contributed by atoms with Crippen molar-refractivity contribution in [3.8, 4) is 11.5 Å². The first-order valence-corrected chi connectivity index (χ1v) is 10.4. The largest absolute Gasteiger partial charge is 0.497 e. The summed E-state index contributed by atoms with van der Waals surface area (Å²) in [6.07, 6.45) is 10.0. The normalized spacial score (nSPS) is 14.4. The number of rotatable bonds is 10. The van der Waals surface area contributed by atoms with Crippen LogP contribution in [0.1, 0.15) is 30.9 Å². The van der Waals surface area contributed by atoms with E-state index >= 15 is 0 Å². The number of hydrogen-bond donors (Lipinski definition) is 1. The van der Waals surface area contributed by atoms with Crippen LogP contribution >= 0.6 is 0 Å². The molecule has 4 heteroatoms. The number of methoxy groups -OCH3 is 1. The molecule has 29 heavy (non-hydrogen) atoms. The van der Waals surface area contributed by atoms with E-state index in [1.54, 1.807) is 7.11 Å². The average Bonchev–Trinajstić information content (AvgIpc) is 2.78. The standard InChI is InChI=1S/C25H32N2O2/c1-3-22-11-6-7-17-27(22)25(26)16-18-29-24-13-5-4-10-21(24)15-14-20-9-8-12-23(19-20)28-2/h4-13,19,25H,3,14-18,26H2,1-2H3. The first-order valence-electron chi connectivity index (χ1n) is 10.4. The minimum atomic E-state index is -0.0323. The molecule has 1 heterocycles. The van der Waals surface area contributed by atoms with E-state index < -0.39 is 0 Å². The van der Waals surface area contributed by atoms with Gasteiger partial charge in [-0.3, -0.25) is 0 Å². The van der Waals surface area contributed by atoms with Gasteiger partial charge in [-0.05, 0) is 54.7 Å². The van der Waals surface area contributed by atoms with Crippen LogP contribution in [0.5, 0.6) is 11.5 Å². The van der Waals surface area contributed by atoms with E-state index in [1.807, 2.05) is 24.3 Å². The van der Waals surface area contributed by atoms with Crippen molar-refractivity contribution in [1.82, 2.24) is 4.90 Å². The molecule has 0 spiro atoms. The van der Waals surface area contributed by atoms with Crippen LogP contribution in [0.3, 0.4) is 0 Å². The monoisotopic (exact) mass is 392 g/mol. The fourth-order valence-electron chi connectivity index (χ4n) is 3.64. The molecule has 3 rings (SSSR count). The van der Waals surface area contributed by atoms with E-state index in [-0.39, 0.29) is 6.17 Å². The third-order valence-electron chi connectivity index (χ3n) is 5.32. The van der Waals surface area contributed by atoms with Crippen LogP contribution in [0, 0.1) is 0 Å². The summed E-state index contributed by atoms with van der Waals surface area (Å²) in [6, 6.07) is 16.5. The molecule has 4 nitrogen and oxygen atoms in total. The Morgan fingerprint density at radius 2 is 1.97 bits per heavy atom. The van der Waals surface area contributed by atoms with Crippen LogP contribution in [0.2, 0.25) is 0 Å². The minimum Gasteiger partial charge on any atom is -0.497 e. The van der Waals surface area contributed by atoms with Gasteiger partial charge >= 0.3 is 0 Å². The number of aryl methyl sites for hydroxylation is 2. The molecule has 0 saturated heterocycles. The second-order valence-corrected chi connectivity index (χ2v) is 7.26. The highest BCUT2D eigenvalue weighted by Gasteiger charge is 2.17. The van der Waals surface area contributed by atoms with Gasteiger partial charge in [0.05, 0.1) is 19.9 Å². The predicted octanol–water partition coefficient (Wildman–Crippen LogP) is 4.70. The van der Waals surface area contributed by atoms with Gasteiger partial charge in [0.15, 0.2) is 0 Å². The zero-order valence-corrected chi connectivity index (χ0v) is 17.5. The van der Waals surface area contributed by atoms with E-state index in [0.29, 0.717) is 6.61 Å². The SMILES string of the molecule is CCC1=CC=CCN1C(N)CCOc1ccccc1CCc1cccc(OC)c1. The lowest BCUT2D eigenvalue weighted by molar-refractivity contribution is 0.211. The lowest BCUT2D eigenvalue weighted by atomic mass is 10.0. The summed E-state index contributed by atoms with van der Waals surface area (Å²) in [4.78, 5) is 2.26. The Labute approximate surface area is 174 Å². The summed E-state index contributed by atoms with van der Waals surface area (Å²) in [5, 5.41) is 0. The fourth-order valence-corrected chi connectivity index (χ4v) is 3.64. The molecule has 2 aromatic carbocycles. The van der Waals surface area contributed by atoms with Crippen molar-refractivity contribution >= 4 is 0 Å². The third kappa shape index (κ3) is 5.88. The molecule has 0 aliphatic carbocycles. The molecular weight excluding hydrogens is 360 g/mol. The smallest absolute Gasteiger partial charge is 0.122 e. The highest BCUT2D eigenvalue weighted by atomic mass is 16.5. The summed E-state index contributed by atoms with van der Waals surface area (Å²) in [5.74, 6) is 1.85. The summed E-state index contributed by atoms with van der Waals surface area (Å²) in [7, 11) is 1.70. The second-order valence-electron chi connectivity index (χ2n) is 7.26. The maximum Gasteiger partial charge on any atom is 0.122 e. The number of hydrogen-bond acceptors (Lipinski definition) is 4. The first-order chi connectivity index (χ1) is 14.2. The average molecular weight is 393 g/mol. The molecule has 1 aliphatic heterocycles. The fraction of sp³-hybridized carbons (Fsp3) is 0.360. The third-order valence-corrected chi connectivity index (χ3v) is 5.32. The Morgan fingerprint density at radius 3 is 2.79 bits per heavy atom. The highest BCUT2D eigenvalue weighted by Crippen LogP contribution is 2.22. The van der Waals surface area contributed by atoms with Crippen LogP contribution in [-0.4, -0.2) is 31.3 Å². The van der Waals surface area contributed by atoms with Gasteiger partial charge < -0.3 is 20.1 Å². The van der Waals surface area contributed by atoms with E-state index in [1.165, 1.54) is 16.8 Å². The molecule has 0 amide bonds. The van der Waals surface area contributed by atoms with Crippen LogP contribution in [-0.2, 0) is 12.8 Å². The Morgan fingerprint density at radius 1 is 1.10 bits per heavy atom. The number of ether oxygens (including phenoxy) is 2. The quantitative estimate of drug-likeness (QED) is 0.637. The lowest BCUT2D eigenvalue weighted by Crippen LogP contribution is -2.43. The van der Waals surface area contributed by atoms with Gasteiger partial charge in [0.2, 0.25) is 0 Å². The summed E-state index contributed by atoms with van der Waals surface area (Å²) in [6.45, 7) is 3.65. The molecule has 1 atom stereocenters. The predicted molar refractivity (Wildman–Crippen MR) is 119 cm³/mol. The molecule has 0 saturated carbocycles. The molecule has 0 bridgehead atoms. The number of allylic oxidation sites excluding steroid dienone is 3. The zero-order valence-electron chi connectivity index (χ0n) is 17.5. The second kappa shape index (κ2) is 10.7. The number of nitrogens with zero attached hydrogens (tertiary/aromatic N) is 1. The highest BCUT2D eigenvalue weighted by molar-refractivity contribution is 5.35. The Bertz CT molecular complexity index is 844. The van der Waals surface area contributed by atoms with Gasteiger partial charge in [-0.15, -0.1) is 0 Å². The molecule has 1 aliphatic rings. The van der Waals surface area contributed by atoms with Crippen LogP contribution in [0.4, 0.5) is 0 Å². The van der Waals surface area contributed by atoms with Crippen LogP contribution in [0.25, 0.3) is 0 Å². The van der Waals surface area contributed by atoms with Gasteiger partial charge in [0.1, 0.15) is 11.5 Å². The van der Waals surface area contributed by atoms with Crippen LogP contribution < -0.4 is 15.2 Å². The first kappa shape index (κ1) is 21.0. The summed E-state index contributed by atoms with van der Waals surface area (Å²) < 4.78 is 11.5. The Hall–Kier alpha value is -2.72. The molecule has 1 unspecified atom stereocenters. The van der Waals surface area contributed by atoms with Crippen molar-refractivity contribution in [2.24, 2.45) is 5.73 Å². The van der Waals surface area contributed by atoms with E-state index in [4.69, 9.17) is 15.2 Å². The van der Waals surface area contributed by atoms with Gasteiger partial charge in [-0.25, -0.2) is 0 Å². The van der Waals surface area contributed by atoms with Gasteiger partial charge in [0, 0.05) is 18.7 Å². The number of benzene rings is 2. The zero-order chi connectivity index (χ0) is 20.5. The van der Waals surface area contributed by atoms with Crippen molar-refractivity contribution in [2.45, 2.75) is 38.8 Å². The molecule has 2 aromatic rings. The van der Waals surface area contributed by atoms with Crippen LogP contribution in [0.15, 0.2) is 72.5 Å². The minimum absolute atomic E-state index is 0.0323. The van der Waals surface area contributed by atoms with Crippen molar-refractivity contribution in [3.63, 3.8) is 0 Å². The van der Waals surface area contributed by atoms with Gasteiger partial charge in [0.25, 0.3) is 0 Å². The number of para-hydroxylation sites is 1. The molecule has 0 aromatic heterocycles. The molecular formula is C25H32N2O2. The molecule has 0 radical (unpaired) electrons. The van der Waals surface area contributed by atoms with E-state index in [2.05, 4.69) is 54.3 Å². The van der Waals surface area contributed by atoms with Gasteiger partial charge in [-0.2, -0.15) is 0 Å². The van der Waals surface area contributed by atoms with Gasteiger partial charge in [-0.1, -0.05) is 49.4 Å². The van der Waals surface area contributed by atoms with Crippen molar-refractivity contribution in [3.05, 3.63) is 83.6 Å². The number of nitrogens with two attached hydrogens (primary N) is 1.